The molecule has 0 saturated heterocycles. The molecule has 0 aliphatic carbocycles. The molecule has 2 aromatic heterocycles. The van der Waals surface area contributed by atoms with Crippen molar-refractivity contribution in [2.24, 2.45) is 0 Å². The van der Waals surface area contributed by atoms with E-state index in [2.05, 4.69) is 21.4 Å². The molecule has 1 N–H and O–H groups in total. The zero-order chi connectivity index (χ0) is 21.6. The number of nitrogens with zero attached hydrogens (tertiary/aromatic N) is 2. The lowest BCUT2D eigenvalue weighted by Crippen LogP contribution is -2.13. The van der Waals surface area contributed by atoms with Crippen molar-refractivity contribution < 1.29 is 9.53 Å². The van der Waals surface area contributed by atoms with Gasteiger partial charge in [0, 0.05) is 29.2 Å². The third-order valence-electron chi connectivity index (χ3n) is 4.99. The summed E-state index contributed by atoms with van der Waals surface area (Å²) in [4.78, 5) is 21.5. The van der Waals surface area contributed by atoms with Crippen molar-refractivity contribution in [3.63, 3.8) is 0 Å². The van der Waals surface area contributed by atoms with Crippen LogP contribution in [0.1, 0.15) is 27.2 Å². The summed E-state index contributed by atoms with van der Waals surface area (Å²) in [5, 5.41) is 3.02. The van der Waals surface area contributed by atoms with Crippen molar-refractivity contribution in [3.8, 4) is 17.0 Å². The van der Waals surface area contributed by atoms with Gasteiger partial charge in [-0.05, 0) is 79.6 Å². The predicted octanol–water partition coefficient (Wildman–Crippen LogP) is 5.59. The highest BCUT2D eigenvalue weighted by Crippen LogP contribution is 2.28. The van der Waals surface area contributed by atoms with E-state index in [9.17, 15) is 4.79 Å². The van der Waals surface area contributed by atoms with Crippen LogP contribution in [0.2, 0.25) is 0 Å². The van der Waals surface area contributed by atoms with Crippen molar-refractivity contribution in [1.82, 2.24) is 9.97 Å². The number of aryl methyl sites for hydroxylation is 2. The van der Waals surface area contributed by atoms with Gasteiger partial charge in [0.15, 0.2) is 0 Å². The van der Waals surface area contributed by atoms with E-state index in [1.165, 1.54) is 0 Å². The molecule has 5 nitrogen and oxygen atoms in total. The molecule has 0 saturated carbocycles. The monoisotopic (exact) mass is 409 g/mol. The first-order chi connectivity index (χ1) is 15.1. The van der Waals surface area contributed by atoms with Gasteiger partial charge >= 0.3 is 0 Å². The minimum atomic E-state index is -0.171. The summed E-state index contributed by atoms with van der Waals surface area (Å²) in [7, 11) is 0. The lowest BCUT2D eigenvalue weighted by atomic mass is 10.0. The zero-order valence-electron chi connectivity index (χ0n) is 17.5. The second-order valence-corrected chi connectivity index (χ2v) is 7.29. The zero-order valence-corrected chi connectivity index (χ0v) is 17.5. The fraction of sp³-hybridized carbons (Fsp3) is 0.115. The van der Waals surface area contributed by atoms with Crippen LogP contribution in [0.5, 0.6) is 5.75 Å². The Hall–Kier alpha value is -3.99. The topological polar surface area (TPSA) is 64.1 Å². The van der Waals surface area contributed by atoms with E-state index in [1.54, 1.807) is 36.7 Å². The van der Waals surface area contributed by atoms with Crippen molar-refractivity contribution in [2.45, 2.75) is 20.5 Å². The molecule has 0 unspecified atom stereocenters. The van der Waals surface area contributed by atoms with Gasteiger partial charge in [-0.3, -0.25) is 14.8 Å². The molecule has 0 radical (unpaired) electrons. The van der Waals surface area contributed by atoms with E-state index < -0.39 is 0 Å². The molecule has 0 atom stereocenters. The molecular weight excluding hydrogens is 386 g/mol. The molecule has 4 aromatic rings. The van der Waals surface area contributed by atoms with Crippen molar-refractivity contribution in [2.75, 3.05) is 5.32 Å². The third-order valence-corrected chi connectivity index (χ3v) is 4.99. The number of hydrogen-bond acceptors (Lipinski definition) is 4. The van der Waals surface area contributed by atoms with Crippen LogP contribution in [0.4, 0.5) is 5.69 Å². The fourth-order valence-corrected chi connectivity index (χ4v) is 3.32. The maximum Gasteiger partial charge on any atom is 0.255 e. The molecule has 1 amide bonds. The Balaban J connectivity index is 1.47. The van der Waals surface area contributed by atoms with Gasteiger partial charge in [-0.15, -0.1) is 0 Å². The number of ether oxygens (including phenoxy) is 1. The minimum Gasteiger partial charge on any atom is -0.487 e. The number of anilines is 1. The number of benzene rings is 2. The van der Waals surface area contributed by atoms with Gasteiger partial charge in [0.05, 0.1) is 11.4 Å². The first kappa shape index (κ1) is 20.3. The number of hydrogen-bond donors (Lipinski definition) is 1. The minimum absolute atomic E-state index is 0.171. The van der Waals surface area contributed by atoms with Crippen LogP contribution in [-0.2, 0) is 6.61 Å². The number of amides is 1. The quantitative estimate of drug-likeness (QED) is 0.451. The van der Waals surface area contributed by atoms with E-state index in [-0.39, 0.29) is 5.91 Å². The molecule has 2 aromatic carbocycles. The first-order valence-electron chi connectivity index (χ1n) is 10.1. The van der Waals surface area contributed by atoms with Crippen LogP contribution in [0, 0.1) is 13.8 Å². The maximum absolute atomic E-state index is 12.8. The number of rotatable bonds is 6. The van der Waals surface area contributed by atoms with Crippen LogP contribution < -0.4 is 10.1 Å². The van der Waals surface area contributed by atoms with Crippen LogP contribution in [0.15, 0.2) is 85.2 Å². The molecule has 0 fully saturated rings. The summed E-state index contributed by atoms with van der Waals surface area (Å²) in [6.45, 7) is 4.41. The van der Waals surface area contributed by atoms with E-state index in [0.29, 0.717) is 17.9 Å². The molecule has 5 heteroatoms. The van der Waals surface area contributed by atoms with Gasteiger partial charge in [-0.25, -0.2) is 0 Å². The lowest BCUT2D eigenvalue weighted by Gasteiger charge is -2.13. The summed E-state index contributed by atoms with van der Waals surface area (Å²) in [6, 6.07) is 22.6. The predicted molar refractivity (Wildman–Crippen MR) is 122 cm³/mol. The van der Waals surface area contributed by atoms with Gasteiger partial charge in [0.25, 0.3) is 5.91 Å². The molecular formula is C26H23N3O2. The molecule has 0 aliphatic rings. The average molecular weight is 409 g/mol. The number of aromatic nitrogens is 2. The van der Waals surface area contributed by atoms with Crippen LogP contribution >= 0.6 is 0 Å². The molecule has 2 heterocycles. The smallest absolute Gasteiger partial charge is 0.255 e. The second kappa shape index (κ2) is 9.22. The van der Waals surface area contributed by atoms with Crippen molar-refractivity contribution in [3.05, 3.63) is 108 Å². The van der Waals surface area contributed by atoms with Gasteiger partial charge in [0.1, 0.15) is 12.4 Å². The molecule has 154 valence electrons. The summed E-state index contributed by atoms with van der Waals surface area (Å²) >= 11 is 0. The lowest BCUT2D eigenvalue weighted by molar-refractivity contribution is 0.102. The summed E-state index contributed by atoms with van der Waals surface area (Å²) in [5.74, 6) is 0.515. The second-order valence-electron chi connectivity index (χ2n) is 7.29. The fourth-order valence-electron chi connectivity index (χ4n) is 3.32. The first-order valence-corrected chi connectivity index (χ1v) is 10.1. The summed E-state index contributed by atoms with van der Waals surface area (Å²) < 4.78 is 5.74. The number of pyridine rings is 2. The SMILES string of the molecule is Cc1cc(C)c(-c2ccccn2)cc1NC(=O)c1ccc(OCc2ccccn2)cc1. The Morgan fingerprint density at radius 1 is 0.871 bits per heavy atom. The van der Waals surface area contributed by atoms with Crippen LogP contribution in [-0.4, -0.2) is 15.9 Å². The molecule has 0 aliphatic heterocycles. The molecule has 31 heavy (non-hydrogen) atoms. The standard InChI is InChI=1S/C26H23N3O2/c1-18-15-19(2)25(16-23(18)24-8-4-6-14-28-24)29-26(30)20-9-11-22(12-10-20)31-17-21-7-3-5-13-27-21/h3-16H,17H2,1-2H3,(H,29,30). The number of nitrogens with one attached hydrogen (secondary N) is 1. The Labute approximate surface area is 181 Å². The Morgan fingerprint density at radius 3 is 2.29 bits per heavy atom. The van der Waals surface area contributed by atoms with E-state index >= 15 is 0 Å². The average Bonchev–Trinajstić information content (AvgIpc) is 2.81. The van der Waals surface area contributed by atoms with Gasteiger partial charge < -0.3 is 10.1 Å². The highest BCUT2D eigenvalue weighted by atomic mass is 16.5. The highest BCUT2D eigenvalue weighted by molar-refractivity contribution is 6.05. The third kappa shape index (κ3) is 4.95. The largest absolute Gasteiger partial charge is 0.487 e. The summed E-state index contributed by atoms with van der Waals surface area (Å²) in [5.41, 5.74) is 6.17. The molecule has 4 rings (SSSR count). The molecule has 0 bridgehead atoms. The van der Waals surface area contributed by atoms with E-state index in [1.807, 2.05) is 56.3 Å². The van der Waals surface area contributed by atoms with Gasteiger partial charge in [-0.2, -0.15) is 0 Å². The summed E-state index contributed by atoms with van der Waals surface area (Å²) in [6.07, 6.45) is 3.50. The Morgan fingerprint density at radius 2 is 1.61 bits per heavy atom. The van der Waals surface area contributed by atoms with Crippen molar-refractivity contribution in [1.29, 1.82) is 0 Å². The van der Waals surface area contributed by atoms with Crippen molar-refractivity contribution >= 4 is 11.6 Å². The normalized spacial score (nSPS) is 10.5. The van der Waals surface area contributed by atoms with Crippen LogP contribution in [0.25, 0.3) is 11.3 Å². The Kier molecular flexibility index (Phi) is 6.03. The number of carbonyl (C=O) groups is 1. The molecule has 0 spiro atoms. The maximum atomic E-state index is 12.8. The van der Waals surface area contributed by atoms with Crippen LogP contribution in [0.3, 0.4) is 0 Å². The number of carbonyl (C=O) groups excluding carboxylic acids is 1. The van der Waals surface area contributed by atoms with Gasteiger partial charge in [0.2, 0.25) is 0 Å². The Bertz CT molecular complexity index is 1170. The van der Waals surface area contributed by atoms with E-state index in [0.717, 1.165) is 33.8 Å². The van der Waals surface area contributed by atoms with E-state index in [4.69, 9.17) is 4.74 Å². The van der Waals surface area contributed by atoms with Gasteiger partial charge in [-0.1, -0.05) is 18.2 Å². The highest BCUT2D eigenvalue weighted by Gasteiger charge is 2.12.